The van der Waals surface area contributed by atoms with Crippen molar-refractivity contribution >= 4 is 23.6 Å². The normalized spacial score (nSPS) is 11.3. The number of nitrogens with one attached hydrogen (secondary N) is 2. The zero-order chi connectivity index (χ0) is 25.0. The molecule has 2 amide bonds. The van der Waals surface area contributed by atoms with E-state index >= 15 is 0 Å². The van der Waals surface area contributed by atoms with E-state index in [1.54, 1.807) is 37.4 Å². The largest absolute Gasteiger partial charge is 0.497 e. The first kappa shape index (κ1) is 25.7. The molecule has 3 aromatic rings. The molecule has 0 saturated heterocycles. The lowest BCUT2D eigenvalue weighted by Crippen LogP contribution is -2.47. The van der Waals surface area contributed by atoms with Gasteiger partial charge in [-0.15, -0.1) is 0 Å². The Labute approximate surface area is 207 Å². The number of carbonyl (C=O) groups excluding carboxylic acids is 2. The SMILES string of the molecule is COc1ccc(Oc2ccc(CNC(=O)C(CCCN)NC(=O)Oc3cncnc3)cc2)c(Cl)c1. The summed E-state index contributed by atoms with van der Waals surface area (Å²) in [5.41, 5.74) is 6.41. The van der Waals surface area contributed by atoms with Gasteiger partial charge in [0.1, 0.15) is 29.6 Å². The van der Waals surface area contributed by atoms with Crippen LogP contribution in [-0.2, 0) is 11.3 Å². The number of amides is 2. The second kappa shape index (κ2) is 13.1. The standard InChI is InChI=1S/C24H26ClN5O5/c1-33-18-8-9-22(20(25)11-18)34-17-6-4-16(5-7-17)12-29-23(31)21(3-2-10-26)30-24(32)35-19-13-27-15-28-14-19/h4-9,11,13-15,21H,2-3,10,12,26H2,1H3,(H,29,31)(H,30,32). The fourth-order valence-electron chi connectivity index (χ4n) is 3.01. The van der Waals surface area contributed by atoms with Gasteiger partial charge in [-0.25, -0.2) is 14.8 Å². The number of carbonyl (C=O) groups is 2. The molecule has 10 nitrogen and oxygen atoms in total. The van der Waals surface area contributed by atoms with Crippen molar-refractivity contribution in [2.45, 2.75) is 25.4 Å². The highest BCUT2D eigenvalue weighted by atomic mass is 35.5. The average molecular weight is 500 g/mol. The molecule has 1 unspecified atom stereocenters. The number of aromatic nitrogens is 2. The van der Waals surface area contributed by atoms with E-state index in [4.69, 9.17) is 31.5 Å². The second-order valence-corrected chi connectivity index (χ2v) is 7.76. The molecule has 3 rings (SSSR count). The van der Waals surface area contributed by atoms with Crippen LogP contribution < -0.4 is 30.6 Å². The van der Waals surface area contributed by atoms with E-state index in [9.17, 15) is 9.59 Å². The van der Waals surface area contributed by atoms with E-state index in [-0.39, 0.29) is 18.2 Å². The van der Waals surface area contributed by atoms with Crippen LogP contribution in [0.25, 0.3) is 0 Å². The molecule has 0 saturated carbocycles. The van der Waals surface area contributed by atoms with Gasteiger partial charge in [0.05, 0.1) is 24.5 Å². The van der Waals surface area contributed by atoms with Crippen LogP contribution in [0.3, 0.4) is 0 Å². The Balaban J connectivity index is 1.54. The summed E-state index contributed by atoms with van der Waals surface area (Å²) < 4.78 is 16.0. The number of hydrogen-bond donors (Lipinski definition) is 3. The van der Waals surface area contributed by atoms with Gasteiger partial charge in [0, 0.05) is 12.6 Å². The molecule has 1 heterocycles. The third kappa shape index (κ3) is 8.13. The van der Waals surface area contributed by atoms with Crippen molar-refractivity contribution in [1.29, 1.82) is 0 Å². The predicted molar refractivity (Wildman–Crippen MR) is 130 cm³/mol. The molecule has 1 atom stereocenters. The molecule has 0 aliphatic rings. The fourth-order valence-corrected chi connectivity index (χ4v) is 3.22. The van der Waals surface area contributed by atoms with Crippen molar-refractivity contribution in [3.05, 3.63) is 71.8 Å². The number of nitrogens with zero attached hydrogens (tertiary/aromatic N) is 2. The van der Waals surface area contributed by atoms with E-state index in [0.29, 0.717) is 41.7 Å². The van der Waals surface area contributed by atoms with Gasteiger partial charge in [-0.2, -0.15) is 0 Å². The molecule has 35 heavy (non-hydrogen) atoms. The molecule has 0 radical (unpaired) electrons. The van der Waals surface area contributed by atoms with Crippen LogP contribution in [0.4, 0.5) is 4.79 Å². The first-order valence-corrected chi connectivity index (χ1v) is 11.2. The van der Waals surface area contributed by atoms with Crippen molar-refractivity contribution in [2.75, 3.05) is 13.7 Å². The first-order chi connectivity index (χ1) is 17.0. The number of rotatable bonds is 11. The summed E-state index contributed by atoms with van der Waals surface area (Å²) in [6.45, 7) is 0.636. The minimum atomic E-state index is -0.810. The monoisotopic (exact) mass is 499 g/mol. The molecule has 0 spiro atoms. The zero-order valence-electron chi connectivity index (χ0n) is 19.1. The minimum absolute atomic E-state index is 0.168. The average Bonchev–Trinajstić information content (AvgIpc) is 2.87. The van der Waals surface area contributed by atoms with Gasteiger partial charge in [0.25, 0.3) is 0 Å². The first-order valence-electron chi connectivity index (χ1n) is 10.8. The third-order valence-corrected chi connectivity index (χ3v) is 5.11. The summed E-state index contributed by atoms with van der Waals surface area (Å²) in [6.07, 6.45) is 4.13. The number of ether oxygens (including phenoxy) is 3. The highest BCUT2D eigenvalue weighted by Gasteiger charge is 2.21. The molecule has 0 fully saturated rings. The van der Waals surface area contributed by atoms with Crippen molar-refractivity contribution in [3.8, 4) is 23.0 Å². The Bertz CT molecular complexity index is 1120. The van der Waals surface area contributed by atoms with Gasteiger partial charge in [0.2, 0.25) is 5.91 Å². The Morgan fingerprint density at radius 1 is 1.06 bits per heavy atom. The van der Waals surface area contributed by atoms with E-state index in [1.165, 1.54) is 18.7 Å². The maximum absolute atomic E-state index is 12.7. The predicted octanol–water partition coefficient (Wildman–Crippen LogP) is 3.44. The molecule has 0 aliphatic carbocycles. The molecule has 2 aromatic carbocycles. The molecule has 184 valence electrons. The molecule has 0 bridgehead atoms. The maximum Gasteiger partial charge on any atom is 0.413 e. The molecule has 11 heteroatoms. The Hall–Kier alpha value is -3.89. The Morgan fingerprint density at radius 3 is 2.43 bits per heavy atom. The van der Waals surface area contributed by atoms with Gasteiger partial charge in [0.15, 0.2) is 5.75 Å². The smallest absolute Gasteiger partial charge is 0.413 e. The van der Waals surface area contributed by atoms with E-state index in [1.807, 2.05) is 12.1 Å². The summed E-state index contributed by atoms with van der Waals surface area (Å²) in [5, 5.41) is 5.80. The van der Waals surface area contributed by atoms with Crippen LogP contribution in [0, 0.1) is 0 Å². The van der Waals surface area contributed by atoms with Crippen molar-refractivity contribution in [2.24, 2.45) is 5.73 Å². The highest BCUT2D eigenvalue weighted by Crippen LogP contribution is 2.32. The summed E-state index contributed by atoms with van der Waals surface area (Å²) >= 11 is 6.22. The van der Waals surface area contributed by atoms with Crippen LogP contribution in [0.1, 0.15) is 18.4 Å². The van der Waals surface area contributed by atoms with Crippen LogP contribution in [0.2, 0.25) is 5.02 Å². The zero-order valence-corrected chi connectivity index (χ0v) is 19.8. The summed E-state index contributed by atoms with van der Waals surface area (Å²) in [6, 6.07) is 11.5. The lowest BCUT2D eigenvalue weighted by atomic mass is 10.1. The molecular weight excluding hydrogens is 474 g/mol. The van der Waals surface area contributed by atoms with E-state index in [0.717, 1.165) is 5.56 Å². The quantitative estimate of drug-likeness (QED) is 0.364. The van der Waals surface area contributed by atoms with E-state index in [2.05, 4.69) is 20.6 Å². The number of benzene rings is 2. The van der Waals surface area contributed by atoms with Crippen molar-refractivity contribution in [1.82, 2.24) is 20.6 Å². The van der Waals surface area contributed by atoms with Gasteiger partial charge in [-0.1, -0.05) is 23.7 Å². The Morgan fingerprint density at radius 2 is 1.77 bits per heavy atom. The molecule has 1 aromatic heterocycles. The second-order valence-electron chi connectivity index (χ2n) is 7.35. The molecule has 4 N–H and O–H groups in total. The summed E-state index contributed by atoms with van der Waals surface area (Å²) in [7, 11) is 1.56. The lowest BCUT2D eigenvalue weighted by Gasteiger charge is -2.18. The molecule has 0 aliphatic heterocycles. The number of hydrogen-bond acceptors (Lipinski definition) is 8. The van der Waals surface area contributed by atoms with Crippen molar-refractivity contribution < 1.29 is 23.8 Å². The topological polar surface area (TPSA) is 138 Å². The van der Waals surface area contributed by atoms with Crippen LogP contribution >= 0.6 is 11.6 Å². The lowest BCUT2D eigenvalue weighted by molar-refractivity contribution is -0.123. The fraction of sp³-hybridized carbons (Fsp3) is 0.250. The number of methoxy groups -OCH3 is 1. The van der Waals surface area contributed by atoms with E-state index < -0.39 is 12.1 Å². The third-order valence-electron chi connectivity index (χ3n) is 4.81. The van der Waals surface area contributed by atoms with Crippen molar-refractivity contribution in [3.63, 3.8) is 0 Å². The number of nitrogens with two attached hydrogens (primary N) is 1. The summed E-state index contributed by atoms with van der Waals surface area (Å²) in [5.74, 6) is 1.53. The Kier molecular flexibility index (Phi) is 9.64. The maximum atomic E-state index is 12.7. The minimum Gasteiger partial charge on any atom is -0.497 e. The van der Waals surface area contributed by atoms with Gasteiger partial charge >= 0.3 is 6.09 Å². The van der Waals surface area contributed by atoms with Gasteiger partial charge in [-0.05, 0) is 49.2 Å². The highest BCUT2D eigenvalue weighted by molar-refractivity contribution is 6.32. The van der Waals surface area contributed by atoms with Gasteiger partial charge in [-0.3, -0.25) is 4.79 Å². The van der Waals surface area contributed by atoms with Crippen LogP contribution in [0.15, 0.2) is 61.2 Å². The van der Waals surface area contributed by atoms with Gasteiger partial charge < -0.3 is 30.6 Å². The van der Waals surface area contributed by atoms with Crippen LogP contribution in [0.5, 0.6) is 23.0 Å². The summed E-state index contributed by atoms with van der Waals surface area (Å²) in [4.78, 5) is 32.4. The molecular formula is C24H26ClN5O5. The van der Waals surface area contributed by atoms with Crippen LogP contribution in [-0.4, -0.2) is 41.7 Å². The number of halogens is 1.